The molecule has 7 nitrogen and oxygen atoms in total. The van der Waals surface area contributed by atoms with Crippen molar-refractivity contribution in [2.45, 2.75) is 5.75 Å². The maximum absolute atomic E-state index is 11.2. The molecule has 0 aliphatic carbocycles. The summed E-state index contributed by atoms with van der Waals surface area (Å²) in [4.78, 5) is 11.2. The van der Waals surface area contributed by atoms with Crippen molar-refractivity contribution in [2.24, 2.45) is 0 Å². The standard InChI is InChI=1S/C10H8O7S.Na/c11-7-2-6-5(4-18(14,15)16)1-10(13)17-9(6)3-8(7)12;/h1-3,11-12H,4H2,(H,14,15,16);. The number of rotatable bonds is 2. The molecule has 0 bridgehead atoms. The van der Waals surface area contributed by atoms with Gasteiger partial charge in [-0.15, -0.1) is 0 Å². The molecular weight excluding hydrogens is 287 g/mol. The minimum absolute atomic E-state index is 0. The molecule has 1 heterocycles. The van der Waals surface area contributed by atoms with Gasteiger partial charge in [-0.2, -0.15) is 8.42 Å². The molecule has 2 aromatic rings. The molecule has 1 aromatic carbocycles. The minimum Gasteiger partial charge on any atom is -0.504 e. The molecule has 0 saturated carbocycles. The summed E-state index contributed by atoms with van der Waals surface area (Å²) in [6, 6.07) is 2.93. The van der Waals surface area contributed by atoms with Crippen LogP contribution in [0.15, 0.2) is 27.4 Å². The van der Waals surface area contributed by atoms with E-state index in [-0.39, 0.29) is 46.1 Å². The number of phenolic OH excluding ortho intramolecular Hbond substituents is 2. The number of hydrogen-bond donors (Lipinski definition) is 3. The van der Waals surface area contributed by atoms with Gasteiger partial charge in [-0.05, 0) is 11.6 Å². The minimum atomic E-state index is -4.33. The predicted octanol–water partition coefficient (Wildman–Crippen LogP) is 0.211. The zero-order valence-corrected chi connectivity index (χ0v) is 12.6. The van der Waals surface area contributed by atoms with E-state index in [2.05, 4.69) is 0 Å². The number of benzene rings is 1. The third kappa shape index (κ3) is 3.71. The molecule has 3 N–H and O–H groups in total. The van der Waals surface area contributed by atoms with Crippen molar-refractivity contribution < 1.29 is 27.6 Å². The molecular formula is C10H8NaO7S. The third-order valence-corrected chi connectivity index (χ3v) is 2.94. The summed E-state index contributed by atoms with van der Waals surface area (Å²) in [5.74, 6) is -1.79. The first-order valence-corrected chi connectivity index (χ1v) is 6.31. The first kappa shape index (κ1) is 16.0. The van der Waals surface area contributed by atoms with Gasteiger partial charge in [-0.3, -0.25) is 4.55 Å². The SMILES string of the molecule is O=c1cc(CS(=O)(=O)O)c2cc(O)c(O)cc2o1.[Na]. The summed E-state index contributed by atoms with van der Waals surface area (Å²) < 4.78 is 35.2. The van der Waals surface area contributed by atoms with E-state index in [1.807, 2.05) is 0 Å². The molecule has 0 saturated heterocycles. The van der Waals surface area contributed by atoms with Crippen LogP contribution in [-0.4, -0.2) is 52.7 Å². The second kappa shape index (κ2) is 5.51. The van der Waals surface area contributed by atoms with Crippen LogP contribution in [0.1, 0.15) is 5.56 Å². The van der Waals surface area contributed by atoms with E-state index in [9.17, 15) is 23.4 Å². The Morgan fingerprint density at radius 1 is 1.11 bits per heavy atom. The molecule has 0 fully saturated rings. The number of hydrogen-bond acceptors (Lipinski definition) is 6. The van der Waals surface area contributed by atoms with E-state index < -0.39 is 33.0 Å². The van der Waals surface area contributed by atoms with Gasteiger partial charge in [-0.1, -0.05) is 0 Å². The van der Waals surface area contributed by atoms with E-state index in [0.717, 1.165) is 18.2 Å². The van der Waals surface area contributed by atoms with Gasteiger partial charge < -0.3 is 14.6 Å². The topological polar surface area (TPSA) is 125 Å². The van der Waals surface area contributed by atoms with E-state index in [1.165, 1.54) is 0 Å². The average molecular weight is 295 g/mol. The van der Waals surface area contributed by atoms with Gasteiger partial charge in [0.15, 0.2) is 11.5 Å². The number of phenols is 2. The van der Waals surface area contributed by atoms with Gasteiger partial charge in [0.2, 0.25) is 0 Å². The molecule has 1 aromatic heterocycles. The second-order valence-electron chi connectivity index (χ2n) is 3.65. The van der Waals surface area contributed by atoms with Crippen LogP contribution in [0.4, 0.5) is 0 Å². The van der Waals surface area contributed by atoms with Crippen LogP contribution in [0.2, 0.25) is 0 Å². The van der Waals surface area contributed by atoms with Crippen LogP contribution in [0.25, 0.3) is 11.0 Å². The number of aromatic hydroxyl groups is 2. The van der Waals surface area contributed by atoms with E-state index in [4.69, 9.17) is 8.97 Å². The van der Waals surface area contributed by atoms with Crippen molar-refractivity contribution in [3.63, 3.8) is 0 Å². The maximum atomic E-state index is 11.2. The van der Waals surface area contributed by atoms with Gasteiger partial charge in [0.1, 0.15) is 11.3 Å². The third-order valence-electron chi connectivity index (χ3n) is 2.26. The Balaban J connectivity index is 0.00000180. The van der Waals surface area contributed by atoms with Crippen molar-refractivity contribution in [1.29, 1.82) is 0 Å². The first-order chi connectivity index (χ1) is 8.26. The fraction of sp³-hybridized carbons (Fsp3) is 0.100. The van der Waals surface area contributed by atoms with Gasteiger partial charge in [0, 0.05) is 47.1 Å². The van der Waals surface area contributed by atoms with Crippen molar-refractivity contribution in [2.75, 3.05) is 0 Å². The maximum Gasteiger partial charge on any atom is 0.336 e. The summed E-state index contributed by atoms with van der Waals surface area (Å²) in [7, 11) is -4.33. The fourth-order valence-electron chi connectivity index (χ4n) is 1.57. The van der Waals surface area contributed by atoms with Gasteiger partial charge in [-0.25, -0.2) is 4.79 Å². The van der Waals surface area contributed by atoms with Gasteiger partial charge in [0.05, 0.1) is 0 Å². The molecule has 19 heavy (non-hydrogen) atoms. The fourth-order valence-corrected chi connectivity index (χ4v) is 2.20. The van der Waals surface area contributed by atoms with Crippen molar-refractivity contribution in [3.8, 4) is 11.5 Å². The molecule has 97 valence electrons. The zero-order chi connectivity index (χ0) is 13.5. The van der Waals surface area contributed by atoms with Gasteiger partial charge >= 0.3 is 5.63 Å². The Morgan fingerprint density at radius 2 is 1.68 bits per heavy atom. The summed E-state index contributed by atoms with van der Waals surface area (Å²) in [5.41, 5.74) is -0.943. The van der Waals surface area contributed by atoms with Crippen LogP contribution in [0.3, 0.4) is 0 Å². The predicted molar refractivity (Wildman–Crippen MR) is 66.8 cm³/mol. The Labute approximate surface area is 129 Å². The number of fused-ring (bicyclic) bond motifs is 1. The Morgan fingerprint density at radius 3 is 2.26 bits per heavy atom. The molecule has 2 rings (SSSR count). The van der Waals surface area contributed by atoms with Crippen LogP contribution >= 0.6 is 0 Å². The summed E-state index contributed by atoms with van der Waals surface area (Å²) in [6.07, 6.45) is 0. The first-order valence-electron chi connectivity index (χ1n) is 4.70. The smallest absolute Gasteiger partial charge is 0.336 e. The quantitative estimate of drug-likeness (QED) is 0.313. The summed E-state index contributed by atoms with van der Waals surface area (Å²) in [6.45, 7) is 0. The molecule has 0 aliphatic rings. The Hall–Kier alpha value is -1.06. The molecule has 0 aliphatic heterocycles. The molecule has 9 heteroatoms. The van der Waals surface area contributed by atoms with Crippen LogP contribution in [-0.2, 0) is 15.9 Å². The van der Waals surface area contributed by atoms with Crippen molar-refractivity contribution in [1.82, 2.24) is 0 Å². The second-order valence-corrected chi connectivity index (χ2v) is 5.11. The monoisotopic (exact) mass is 295 g/mol. The Bertz CT molecular complexity index is 778. The van der Waals surface area contributed by atoms with E-state index >= 15 is 0 Å². The normalized spacial score (nSPS) is 11.2. The summed E-state index contributed by atoms with van der Waals surface area (Å²) in [5, 5.41) is 18.7. The molecule has 0 unspecified atom stereocenters. The molecule has 0 atom stereocenters. The summed E-state index contributed by atoms with van der Waals surface area (Å²) >= 11 is 0. The zero-order valence-electron chi connectivity index (χ0n) is 9.82. The van der Waals surface area contributed by atoms with Crippen LogP contribution < -0.4 is 5.63 Å². The van der Waals surface area contributed by atoms with Crippen molar-refractivity contribution in [3.05, 3.63) is 34.2 Å². The largest absolute Gasteiger partial charge is 0.504 e. The molecule has 0 amide bonds. The van der Waals surface area contributed by atoms with Crippen molar-refractivity contribution >= 4 is 50.6 Å². The van der Waals surface area contributed by atoms with Crippen LogP contribution in [0.5, 0.6) is 11.5 Å². The van der Waals surface area contributed by atoms with Gasteiger partial charge in [0.25, 0.3) is 10.1 Å². The average Bonchev–Trinajstić information content (AvgIpc) is 2.18. The molecule has 0 spiro atoms. The Kier molecular flexibility index (Phi) is 4.64. The van der Waals surface area contributed by atoms with E-state index in [1.54, 1.807) is 0 Å². The van der Waals surface area contributed by atoms with E-state index in [0.29, 0.717) is 0 Å². The molecule has 1 radical (unpaired) electrons. The van der Waals surface area contributed by atoms with Crippen LogP contribution in [0, 0.1) is 0 Å².